The van der Waals surface area contributed by atoms with Gasteiger partial charge in [0.05, 0.1) is 0 Å². The summed E-state index contributed by atoms with van der Waals surface area (Å²) in [7, 11) is 0. The van der Waals surface area contributed by atoms with Crippen molar-refractivity contribution in [2.45, 2.75) is 0 Å². The van der Waals surface area contributed by atoms with Crippen molar-refractivity contribution >= 4 is 22.8 Å². The van der Waals surface area contributed by atoms with Crippen LogP contribution in [0.15, 0.2) is 22.6 Å². The second-order valence-corrected chi connectivity index (χ2v) is 2.28. The Hall–Kier alpha value is -1.71. The number of oxazole rings is 1. The van der Waals surface area contributed by atoms with E-state index in [0.29, 0.717) is 16.8 Å². The molecule has 0 aliphatic heterocycles. The van der Waals surface area contributed by atoms with Crippen LogP contribution in [-0.4, -0.2) is 4.98 Å². The highest BCUT2D eigenvalue weighted by molar-refractivity contribution is 5.77. The smallest absolute Gasteiger partial charge is 0.292 e. The van der Waals surface area contributed by atoms with Crippen molar-refractivity contribution in [3.8, 4) is 0 Å². The van der Waals surface area contributed by atoms with Crippen LogP contribution in [0.2, 0.25) is 0 Å². The molecule has 56 valence electrons. The Morgan fingerprint density at radius 1 is 1.27 bits per heavy atom. The molecule has 0 saturated carbocycles. The Kier molecular flexibility index (Phi) is 1.03. The van der Waals surface area contributed by atoms with Crippen LogP contribution in [-0.2, 0) is 0 Å². The van der Waals surface area contributed by atoms with Crippen molar-refractivity contribution in [1.82, 2.24) is 4.98 Å². The molecule has 0 spiro atoms. The van der Waals surface area contributed by atoms with E-state index in [1.165, 1.54) is 0 Å². The number of nitrogen functional groups attached to an aromatic ring is 2. The Morgan fingerprint density at radius 2 is 2.09 bits per heavy atom. The molecule has 0 atom stereocenters. The van der Waals surface area contributed by atoms with Gasteiger partial charge in [-0.05, 0) is 18.2 Å². The first kappa shape index (κ1) is 6.03. The summed E-state index contributed by atoms with van der Waals surface area (Å²) in [4.78, 5) is 3.91. The van der Waals surface area contributed by atoms with Crippen LogP contribution >= 0.6 is 0 Å². The van der Waals surface area contributed by atoms with Crippen LogP contribution in [0, 0.1) is 0 Å². The number of fused-ring (bicyclic) bond motifs is 1. The summed E-state index contributed by atoms with van der Waals surface area (Å²) in [6.07, 6.45) is 0. The van der Waals surface area contributed by atoms with Crippen molar-refractivity contribution in [3.05, 3.63) is 18.2 Å². The molecule has 1 aromatic heterocycles. The largest absolute Gasteiger partial charge is 0.424 e. The lowest BCUT2D eigenvalue weighted by Crippen LogP contribution is -1.83. The van der Waals surface area contributed by atoms with E-state index in [2.05, 4.69) is 4.98 Å². The monoisotopic (exact) mass is 149 g/mol. The zero-order chi connectivity index (χ0) is 7.84. The number of nitrogens with zero attached hydrogens (tertiary/aromatic N) is 1. The average Bonchev–Trinajstić information content (AvgIpc) is 2.27. The normalized spacial score (nSPS) is 10.5. The molecule has 1 heterocycles. The third kappa shape index (κ3) is 0.881. The molecule has 0 aliphatic rings. The van der Waals surface area contributed by atoms with E-state index in [4.69, 9.17) is 15.9 Å². The van der Waals surface area contributed by atoms with Crippen molar-refractivity contribution in [3.63, 3.8) is 0 Å². The SMILES string of the molecule is Nc1ccc2oc(N)nc2c1. The Bertz CT molecular complexity index is 393. The zero-order valence-corrected chi connectivity index (χ0v) is 5.74. The van der Waals surface area contributed by atoms with Crippen molar-refractivity contribution in [2.75, 3.05) is 11.5 Å². The summed E-state index contributed by atoms with van der Waals surface area (Å²) in [5, 5.41) is 0. The highest BCUT2D eigenvalue weighted by Crippen LogP contribution is 2.18. The number of rotatable bonds is 0. The Morgan fingerprint density at radius 3 is 2.91 bits per heavy atom. The molecule has 0 aliphatic carbocycles. The Labute approximate surface area is 62.8 Å². The van der Waals surface area contributed by atoms with Crippen molar-refractivity contribution in [2.24, 2.45) is 0 Å². The van der Waals surface area contributed by atoms with Gasteiger partial charge in [0.15, 0.2) is 5.58 Å². The summed E-state index contributed by atoms with van der Waals surface area (Å²) < 4.78 is 5.03. The van der Waals surface area contributed by atoms with E-state index in [0.717, 1.165) is 0 Å². The molecule has 4 N–H and O–H groups in total. The molecule has 0 saturated heterocycles. The van der Waals surface area contributed by atoms with Gasteiger partial charge in [-0.25, -0.2) is 0 Å². The van der Waals surface area contributed by atoms with Gasteiger partial charge in [-0.3, -0.25) is 0 Å². The van der Waals surface area contributed by atoms with Crippen LogP contribution < -0.4 is 11.5 Å². The standard InChI is InChI=1S/C7H7N3O/c8-4-1-2-6-5(3-4)10-7(9)11-6/h1-3H,8H2,(H2,9,10). The maximum absolute atomic E-state index is 5.51. The van der Waals surface area contributed by atoms with Crippen LogP contribution in [0.5, 0.6) is 0 Å². The molecule has 0 bridgehead atoms. The number of anilines is 2. The summed E-state index contributed by atoms with van der Waals surface area (Å²) in [5.41, 5.74) is 12.9. The summed E-state index contributed by atoms with van der Waals surface area (Å²) in [6, 6.07) is 5.38. The minimum absolute atomic E-state index is 0.172. The molecule has 4 nitrogen and oxygen atoms in total. The number of aromatic nitrogens is 1. The second kappa shape index (κ2) is 1.88. The summed E-state index contributed by atoms with van der Waals surface area (Å²) >= 11 is 0. The van der Waals surface area contributed by atoms with Gasteiger partial charge in [0, 0.05) is 5.69 Å². The van der Waals surface area contributed by atoms with E-state index in [9.17, 15) is 0 Å². The number of benzene rings is 1. The molecule has 1 aromatic carbocycles. The fraction of sp³-hybridized carbons (Fsp3) is 0. The van der Waals surface area contributed by atoms with Crippen LogP contribution in [0.25, 0.3) is 11.1 Å². The van der Waals surface area contributed by atoms with Gasteiger partial charge in [0.2, 0.25) is 0 Å². The topological polar surface area (TPSA) is 78.1 Å². The van der Waals surface area contributed by atoms with Crippen LogP contribution in [0.1, 0.15) is 0 Å². The summed E-state index contributed by atoms with van der Waals surface area (Å²) in [6.45, 7) is 0. The van der Waals surface area contributed by atoms with E-state index in [1.54, 1.807) is 18.2 Å². The average molecular weight is 149 g/mol. The molecule has 0 unspecified atom stereocenters. The van der Waals surface area contributed by atoms with Gasteiger partial charge in [0.1, 0.15) is 5.52 Å². The van der Waals surface area contributed by atoms with Gasteiger partial charge in [0.25, 0.3) is 6.01 Å². The zero-order valence-electron chi connectivity index (χ0n) is 5.74. The summed E-state index contributed by atoms with van der Waals surface area (Å²) in [5.74, 6) is 0. The predicted octanol–water partition coefficient (Wildman–Crippen LogP) is 0.992. The molecular formula is C7H7N3O. The lowest BCUT2D eigenvalue weighted by atomic mass is 10.3. The van der Waals surface area contributed by atoms with Gasteiger partial charge in [-0.2, -0.15) is 4.98 Å². The first-order chi connectivity index (χ1) is 5.25. The molecule has 2 aromatic rings. The highest BCUT2D eigenvalue weighted by Gasteiger charge is 2.00. The maximum atomic E-state index is 5.51. The molecule has 2 rings (SSSR count). The van der Waals surface area contributed by atoms with Crippen LogP contribution in [0.3, 0.4) is 0 Å². The van der Waals surface area contributed by atoms with Gasteiger partial charge < -0.3 is 15.9 Å². The van der Waals surface area contributed by atoms with E-state index in [1.807, 2.05) is 0 Å². The van der Waals surface area contributed by atoms with Gasteiger partial charge >= 0.3 is 0 Å². The quantitative estimate of drug-likeness (QED) is 0.547. The molecule has 4 heteroatoms. The third-order valence-electron chi connectivity index (χ3n) is 1.43. The minimum atomic E-state index is 0.172. The number of hydrogen-bond acceptors (Lipinski definition) is 4. The lowest BCUT2D eigenvalue weighted by Gasteiger charge is -1.87. The van der Waals surface area contributed by atoms with Crippen molar-refractivity contribution < 1.29 is 4.42 Å². The molecule has 0 amide bonds. The highest BCUT2D eigenvalue weighted by atomic mass is 16.4. The fourth-order valence-corrected chi connectivity index (χ4v) is 0.962. The predicted molar refractivity (Wildman–Crippen MR) is 42.8 cm³/mol. The molecule has 0 fully saturated rings. The van der Waals surface area contributed by atoms with E-state index in [-0.39, 0.29) is 6.01 Å². The first-order valence-corrected chi connectivity index (χ1v) is 3.17. The van der Waals surface area contributed by atoms with E-state index >= 15 is 0 Å². The van der Waals surface area contributed by atoms with Gasteiger partial charge in [-0.1, -0.05) is 0 Å². The fourth-order valence-electron chi connectivity index (χ4n) is 0.962. The molecule has 11 heavy (non-hydrogen) atoms. The first-order valence-electron chi connectivity index (χ1n) is 3.17. The minimum Gasteiger partial charge on any atom is -0.424 e. The van der Waals surface area contributed by atoms with Crippen molar-refractivity contribution in [1.29, 1.82) is 0 Å². The van der Waals surface area contributed by atoms with Crippen LogP contribution in [0.4, 0.5) is 11.7 Å². The maximum Gasteiger partial charge on any atom is 0.292 e. The second-order valence-electron chi connectivity index (χ2n) is 2.28. The number of hydrogen-bond donors (Lipinski definition) is 2. The van der Waals surface area contributed by atoms with Gasteiger partial charge in [-0.15, -0.1) is 0 Å². The lowest BCUT2D eigenvalue weighted by molar-refractivity contribution is 0.626. The molecular weight excluding hydrogens is 142 g/mol. The number of nitrogens with two attached hydrogens (primary N) is 2. The molecule has 0 radical (unpaired) electrons. The Balaban J connectivity index is 2.82. The third-order valence-corrected chi connectivity index (χ3v) is 1.43. The van der Waals surface area contributed by atoms with E-state index < -0.39 is 0 Å².